The molecule has 94 valence electrons. The molecule has 2 N–H and O–H groups in total. The smallest absolute Gasteiger partial charge is 0.336 e. The van der Waals surface area contributed by atoms with Gasteiger partial charge in [0.2, 0.25) is 0 Å². The normalized spacial score (nSPS) is 12.3. The first-order chi connectivity index (χ1) is 8.58. The number of carboxylic acids is 1. The van der Waals surface area contributed by atoms with Crippen molar-refractivity contribution in [3.05, 3.63) is 53.3 Å². The van der Waals surface area contributed by atoms with E-state index in [-0.39, 0.29) is 5.56 Å². The Labute approximate surface area is 104 Å². The standard InChI is InChI=1S/C13H14N2O3/c1-9(16)11-6-14-15(8-11)7-10-4-2-3-5-12(10)13(17)18/h2-6,8-9,16H,7H2,1H3,(H,17,18). The number of carbonyl (C=O) groups is 1. The van der Waals surface area contributed by atoms with Gasteiger partial charge in [0.15, 0.2) is 0 Å². The maximum atomic E-state index is 11.1. The minimum atomic E-state index is -0.950. The van der Waals surface area contributed by atoms with Gasteiger partial charge in [-0.2, -0.15) is 5.10 Å². The third-order valence-corrected chi connectivity index (χ3v) is 2.72. The minimum Gasteiger partial charge on any atom is -0.478 e. The lowest BCUT2D eigenvalue weighted by Gasteiger charge is -2.05. The second-order valence-corrected chi connectivity index (χ2v) is 4.11. The lowest BCUT2D eigenvalue weighted by atomic mass is 10.1. The molecule has 1 heterocycles. The van der Waals surface area contributed by atoms with Gasteiger partial charge >= 0.3 is 5.97 Å². The van der Waals surface area contributed by atoms with Gasteiger partial charge in [-0.1, -0.05) is 18.2 Å². The van der Waals surface area contributed by atoms with Crippen LogP contribution in [0.2, 0.25) is 0 Å². The Kier molecular flexibility index (Phi) is 3.43. The quantitative estimate of drug-likeness (QED) is 0.860. The Bertz CT molecular complexity index is 561. The molecule has 2 rings (SSSR count). The largest absolute Gasteiger partial charge is 0.478 e. The third kappa shape index (κ3) is 2.57. The first kappa shape index (κ1) is 12.3. The van der Waals surface area contributed by atoms with Crippen LogP contribution < -0.4 is 0 Å². The monoisotopic (exact) mass is 246 g/mol. The van der Waals surface area contributed by atoms with E-state index in [1.807, 2.05) is 0 Å². The van der Waals surface area contributed by atoms with E-state index in [1.165, 1.54) is 0 Å². The average Bonchev–Trinajstić information content (AvgIpc) is 2.78. The van der Waals surface area contributed by atoms with E-state index in [1.54, 1.807) is 48.3 Å². The molecule has 0 fully saturated rings. The Hall–Kier alpha value is -2.14. The van der Waals surface area contributed by atoms with Crippen LogP contribution in [0.3, 0.4) is 0 Å². The molecular weight excluding hydrogens is 232 g/mol. The number of hydrogen-bond donors (Lipinski definition) is 2. The summed E-state index contributed by atoms with van der Waals surface area (Å²) in [5, 5.41) is 22.6. The molecule has 5 nitrogen and oxygen atoms in total. The average molecular weight is 246 g/mol. The molecule has 0 saturated heterocycles. The molecule has 0 aliphatic rings. The van der Waals surface area contributed by atoms with Gasteiger partial charge in [-0.3, -0.25) is 4.68 Å². The zero-order valence-electron chi connectivity index (χ0n) is 9.95. The first-order valence-corrected chi connectivity index (χ1v) is 5.59. The fourth-order valence-electron chi connectivity index (χ4n) is 1.72. The van der Waals surface area contributed by atoms with Gasteiger partial charge in [-0.25, -0.2) is 4.79 Å². The van der Waals surface area contributed by atoms with E-state index < -0.39 is 12.1 Å². The molecule has 0 saturated carbocycles. The first-order valence-electron chi connectivity index (χ1n) is 5.59. The van der Waals surface area contributed by atoms with E-state index in [0.29, 0.717) is 17.7 Å². The minimum absolute atomic E-state index is 0.270. The van der Waals surface area contributed by atoms with Crippen molar-refractivity contribution in [1.29, 1.82) is 0 Å². The number of rotatable bonds is 4. The maximum Gasteiger partial charge on any atom is 0.336 e. The Morgan fingerprint density at radius 3 is 2.78 bits per heavy atom. The predicted molar refractivity (Wildman–Crippen MR) is 65.4 cm³/mol. The summed E-state index contributed by atoms with van der Waals surface area (Å²) in [6.45, 7) is 2.03. The van der Waals surface area contributed by atoms with Gasteiger partial charge < -0.3 is 10.2 Å². The van der Waals surface area contributed by atoms with Crippen molar-refractivity contribution in [2.24, 2.45) is 0 Å². The molecule has 1 unspecified atom stereocenters. The van der Waals surface area contributed by atoms with Crippen LogP contribution in [-0.4, -0.2) is 26.0 Å². The van der Waals surface area contributed by atoms with Crippen molar-refractivity contribution in [3.63, 3.8) is 0 Å². The van der Waals surface area contributed by atoms with Gasteiger partial charge in [0.25, 0.3) is 0 Å². The molecule has 1 atom stereocenters. The molecule has 0 radical (unpaired) electrons. The van der Waals surface area contributed by atoms with E-state index in [9.17, 15) is 9.90 Å². The molecule has 0 aliphatic carbocycles. The fourth-order valence-corrected chi connectivity index (χ4v) is 1.72. The van der Waals surface area contributed by atoms with Crippen molar-refractivity contribution in [1.82, 2.24) is 9.78 Å². The number of aromatic carboxylic acids is 1. The van der Waals surface area contributed by atoms with Crippen molar-refractivity contribution in [3.8, 4) is 0 Å². The second-order valence-electron chi connectivity index (χ2n) is 4.11. The van der Waals surface area contributed by atoms with E-state index >= 15 is 0 Å². The van der Waals surface area contributed by atoms with Crippen LogP contribution in [0.1, 0.15) is 34.5 Å². The summed E-state index contributed by atoms with van der Waals surface area (Å²) < 4.78 is 1.61. The maximum absolute atomic E-state index is 11.1. The van der Waals surface area contributed by atoms with Gasteiger partial charge in [0, 0.05) is 11.8 Å². The lowest BCUT2D eigenvalue weighted by molar-refractivity contribution is 0.0695. The number of aliphatic hydroxyl groups excluding tert-OH is 1. The second kappa shape index (κ2) is 5.01. The Morgan fingerprint density at radius 1 is 1.44 bits per heavy atom. The topological polar surface area (TPSA) is 75.4 Å². The van der Waals surface area contributed by atoms with Crippen molar-refractivity contribution < 1.29 is 15.0 Å². The molecule has 0 amide bonds. The van der Waals surface area contributed by atoms with Crippen LogP contribution in [0.4, 0.5) is 0 Å². The number of benzene rings is 1. The zero-order chi connectivity index (χ0) is 13.1. The lowest BCUT2D eigenvalue weighted by Crippen LogP contribution is -2.07. The highest BCUT2D eigenvalue weighted by Gasteiger charge is 2.10. The molecule has 0 aliphatic heterocycles. The molecule has 1 aromatic carbocycles. The number of carboxylic acid groups (broad SMARTS) is 1. The van der Waals surface area contributed by atoms with E-state index in [4.69, 9.17) is 5.11 Å². The van der Waals surface area contributed by atoms with E-state index in [2.05, 4.69) is 5.10 Å². The summed E-state index contributed by atoms with van der Waals surface area (Å²) >= 11 is 0. The molecular formula is C13H14N2O3. The van der Waals surface area contributed by atoms with Gasteiger partial charge in [-0.05, 0) is 18.6 Å². The van der Waals surface area contributed by atoms with Crippen LogP contribution in [0, 0.1) is 0 Å². The van der Waals surface area contributed by atoms with Crippen LogP contribution in [0.25, 0.3) is 0 Å². The van der Waals surface area contributed by atoms with Crippen LogP contribution in [0.5, 0.6) is 0 Å². The van der Waals surface area contributed by atoms with Crippen LogP contribution in [-0.2, 0) is 6.54 Å². The van der Waals surface area contributed by atoms with Crippen LogP contribution in [0.15, 0.2) is 36.7 Å². The molecule has 1 aromatic heterocycles. The molecule has 0 spiro atoms. The Balaban J connectivity index is 2.25. The molecule has 5 heteroatoms. The fraction of sp³-hybridized carbons (Fsp3) is 0.231. The summed E-state index contributed by atoms with van der Waals surface area (Å²) in [5.74, 6) is -0.950. The molecule has 2 aromatic rings. The number of hydrogen-bond acceptors (Lipinski definition) is 3. The highest BCUT2D eigenvalue weighted by atomic mass is 16.4. The summed E-state index contributed by atoms with van der Waals surface area (Å²) in [6, 6.07) is 6.81. The van der Waals surface area contributed by atoms with Crippen molar-refractivity contribution >= 4 is 5.97 Å². The summed E-state index contributed by atoms with van der Waals surface area (Å²) in [7, 11) is 0. The highest BCUT2D eigenvalue weighted by molar-refractivity contribution is 5.89. The molecule has 0 bridgehead atoms. The summed E-state index contributed by atoms with van der Waals surface area (Å²) in [5.41, 5.74) is 1.67. The number of aromatic nitrogens is 2. The predicted octanol–water partition coefficient (Wildman–Crippen LogP) is 1.68. The van der Waals surface area contributed by atoms with Crippen molar-refractivity contribution in [2.45, 2.75) is 19.6 Å². The van der Waals surface area contributed by atoms with Crippen LogP contribution >= 0.6 is 0 Å². The third-order valence-electron chi connectivity index (χ3n) is 2.72. The number of aliphatic hydroxyl groups is 1. The zero-order valence-corrected chi connectivity index (χ0v) is 9.95. The summed E-state index contributed by atoms with van der Waals surface area (Å²) in [6.07, 6.45) is 2.71. The van der Waals surface area contributed by atoms with Gasteiger partial charge in [-0.15, -0.1) is 0 Å². The van der Waals surface area contributed by atoms with Gasteiger partial charge in [0.1, 0.15) is 0 Å². The highest BCUT2D eigenvalue weighted by Crippen LogP contribution is 2.13. The number of nitrogens with zero attached hydrogens (tertiary/aromatic N) is 2. The summed E-state index contributed by atoms with van der Waals surface area (Å²) in [4.78, 5) is 11.1. The molecule has 18 heavy (non-hydrogen) atoms. The van der Waals surface area contributed by atoms with Crippen molar-refractivity contribution in [2.75, 3.05) is 0 Å². The SMILES string of the molecule is CC(O)c1cnn(Cc2ccccc2C(=O)O)c1. The Morgan fingerprint density at radius 2 is 2.17 bits per heavy atom. The van der Waals surface area contributed by atoms with Gasteiger partial charge in [0.05, 0.1) is 24.4 Å². The van der Waals surface area contributed by atoms with E-state index in [0.717, 1.165) is 0 Å².